The summed E-state index contributed by atoms with van der Waals surface area (Å²) in [7, 11) is 3.44. The van der Waals surface area contributed by atoms with Gasteiger partial charge in [-0.2, -0.15) is 0 Å². The standard InChI is InChI=1S/C16H25N3O2.HI/c1-11-8-15(11)19-16(17-3)18-10-12(2)21-14-7-5-6-13(9-14)20-4;/h5-7,9,11-12,15H,8,10H2,1-4H3,(H2,17,18,19);1H. The lowest BCUT2D eigenvalue weighted by molar-refractivity contribution is 0.223. The SMILES string of the molecule is CN=C(NCC(C)Oc1cccc(OC)c1)NC1CC1C.I. The van der Waals surface area contributed by atoms with Crippen LogP contribution in [0.5, 0.6) is 11.5 Å². The number of rotatable bonds is 6. The molecule has 3 atom stereocenters. The molecule has 0 heterocycles. The molecule has 124 valence electrons. The fourth-order valence-electron chi connectivity index (χ4n) is 2.08. The van der Waals surface area contributed by atoms with E-state index in [-0.39, 0.29) is 30.1 Å². The highest BCUT2D eigenvalue weighted by atomic mass is 127. The Hall–Kier alpha value is -1.18. The number of guanidine groups is 1. The van der Waals surface area contributed by atoms with E-state index in [9.17, 15) is 0 Å². The fraction of sp³-hybridized carbons (Fsp3) is 0.562. The molecule has 3 unspecified atom stereocenters. The van der Waals surface area contributed by atoms with Crippen LogP contribution in [0.15, 0.2) is 29.3 Å². The quantitative estimate of drug-likeness (QED) is 0.423. The molecule has 1 aromatic rings. The van der Waals surface area contributed by atoms with Crippen molar-refractivity contribution in [1.82, 2.24) is 10.6 Å². The van der Waals surface area contributed by atoms with E-state index < -0.39 is 0 Å². The molecule has 1 aliphatic carbocycles. The van der Waals surface area contributed by atoms with E-state index in [1.165, 1.54) is 6.42 Å². The van der Waals surface area contributed by atoms with Crippen LogP contribution in [0.25, 0.3) is 0 Å². The fourth-order valence-corrected chi connectivity index (χ4v) is 2.08. The van der Waals surface area contributed by atoms with Gasteiger partial charge in [0.2, 0.25) is 0 Å². The Labute approximate surface area is 149 Å². The number of methoxy groups -OCH3 is 1. The minimum Gasteiger partial charge on any atom is -0.497 e. The molecule has 0 amide bonds. The molecule has 5 nitrogen and oxygen atoms in total. The van der Waals surface area contributed by atoms with Crippen LogP contribution in [0.4, 0.5) is 0 Å². The second-order valence-electron chi connectivity index (χ2n) is 5.52. The molecule has 0 aromatic heterocycles. The van der Waals surface area contributed by atoms with Crippen LogP contribution in [0.1, 0.15) is 20.3 Å². The number of hydrogen-bond acceptors (Lipinski definition) is 3. The largest absolute Gasteiger partial charge is 0.497 e. The maximum atomic E-state index is 5.87. The second-order valence-corrected chi connectivity index (χ2v) is 5.52. The van der Waals surface area contributed by atoms with Crippen LogP contribution in [0.3, 0.4) is 0 Å². The Morgan fingerprint density at radius 2 is 2.09 bits per heavy atom. The first kappa shape index (κ1) is 18.9. The number of benzene rings is 1. The van der Waals surface area contributed by atoms with Gasteiger partial charge in [0.05, 0.1) is 13.7 Å². The Kier molecular flexibility index (Phi) is 7.78. The first-order valence-electron chi connectivity index (χ1n) is 7.40. The van der Waals surface area contributed by atoms with Gasteiger partial charge in [0.15, 0.2) is 5.96 Å². The lowest BCUT2D eigenvalue weighted by atomic mass is 10.3. The van der Waals surface area contributed by atoms with E-state index in [4.69, 9.17) is 9.47 Å². The van der Waals surface area contributed by atoms with Gasteiger partial charge in [0.25, 0.3) is 0 Å². The number of nitrogens with zero attached hydrogens (tertiary/aromatic N) is 1. The maximum Gasteiger partial charge on any atom is 0.191 e. The third-order valence-electron chi connectivity index (χ3n) is 3.59. The van der Waals surface area contributed by atoms with Gasteiger partial charge in [0.1, 0.15) is 17.6 Å². The molecule has 0 aliphatic heterocycles. The second kappa shape index (κ2) is 9.07. The summed E-state index contributed by atoms with van der Waals surface area (Å²) in [5.41, 5.74) is 0. The number of ether oxygens (including phenoxy) is 2. The summed E-state index contributed by atoms with van der Waals surface area (Å²) >= 11 is 0. The van der Waals surface area contributed by atoms with Gasteiger partial charge in [-0.3, -0.25) is 4.99 Å². The number of halogens is 1. The molecule has 1 saturated carbocycles. The average Bonchev–Trinajstić information content (AvgIpc) is 3.18. The van der Waals surface area contributed by atoms with Crippen molar-refractivity contribution in [2.75, 3.05) is 20.7 Å². The molecule has 0 saturated heterocycles. The average molecular weight is 419 g/mol. The zero-order valence-electron chi connectivity index (χ0n) is 13.6. The van der Waals surface area contributed by atoms with Gasteiger partial charge in [0, 0.05) is 19.2 Å². The van der Waals surface area contributed by atoms with Crippen molar-refractivity contribution in [3.05, 3.63) is 24.3 Å². The van der Waals surface area contributed by atoms with E-state index in [0.717, 1.165) is 23.4 Å². The van der Waals surface area contributed by atoms with Crippen molar-refractivity contribution in [3.63, 3.8) is 0 Å². The Morgan fingerprint density at radius 3 is 2.68 bits per heavy atom. The molecule has 6 heteroatoms. The predicted octanol–water partition coefficient (Wildman–Crippen LogP) is 2.65. The molecule has 0 spiro atoms. The summed E-state index contributed by atoms with van der Waals surface area (Å²) in [5.74, 6) is 3.19. The Bertz CT molecular complexity index is 496. The third-order valence-corrected chi connectivity index (χ3v) is 3.59. The van der Waals surface area contributed by atoms with E-state index in [0.29, 0.717) is 12.6 Å². The van der Waals surface area contributed by atoms with Gasteiger partial charge in [-0.25, -0.2) is 0 Å². The van der Waals surface area contributed by atoms with E-state index in [1.54, 1.807) is 14.2 Å². The van der Waals surface area contributed by atoms with Crippen LogP contribution >= 0.6 is 24.0 Å². The predicted molar refractivity (Wildman–Crippen MR) is 101 cm³/mol. The topological polar surface area (TPSA) is 54.9 Å². The summed E-state index contributed by atoms with van der Waals surface area (Å²) in [6, 6.07) is 8.19. The minimum atomic E-state index is 0. The maximum absolute atomic E-state index is 5.87. The van der Waals surface area contributed by atoms with Gasteiger partial charge in [-0.15, -0.1) is 24.0 Å². The Balaban J connectivity index is 0.00000242. The zero-order valence-corrected chi connectivity index (χ0v) is 16.0. The van der Waals surface area contributed by atoms with Crippen molar-refractivity contribution >= 4 is 29.9 Å². The molecule has 0 bridgehead atoms. The first-order chi connectivity index (χ1) is 10.1. The molecule has 1 fully saturated rings. The van der Waals surface area contributed by atoms with Gasteiger partial charge in [-0.1, -0.05) is 13.0 Å². The lowest BCUT2D eigenvalue weighted by Crippen LogP contribution is -2.43. The number of aliphatic imine (C=N–C) groups is 1. The molecule has 1 aliphatic rings. The van der Waals surface area contributed by atoms with Crippen LogP contribution in [-0.2, 0) is 0 Å². The molecule has 2 rings (SSSR count). The van der Waals surface area contributed by atoms with Gasteiger partial charge < -0.3 is 20.1 Å². The van der Waals surface area contributed by atoms with E-state index >= 15 is 0 Å². The molecule has 1 aromatic carbocycles. The molecule has 2 N–H and O–H groups in total. The highest BCUT2D eigenvalue weighted by Crippen LogP contribution is 2.28. The smallest absolute Gasteiger partial charge is 0.191 e. The van der Waals surface area contributed by atoms with Crippen molar-refractivity contribution in [1.29, 1.82) is 0 Å². The monoisotopic (exact) mass is 419 g/mol. The molecular weight excluding hydrogens is 393 g/mol. The summed E-state index contributed by atoms with van der Waals surface area (Å²) in [4.78, 5) is 4.23. The van der Waals surface area contributed by atoms with Crippen molar-refractivity contribution in [2.24, 2.45) is 10.9 Å². The van der Waals surface area contributed by atoms with Crippen LogP contribution in [0, 0.1) is 5.92 Å². The first-order valence-corrected chi connectivity index (χ1v) is 7.40. The third kappa shape index (κ3) is 5.90. The summed E-state index contributed by atoms with van der Waals surface area (Å²) < 4.78 is 11.1. The molecule has 22 heavy (non-hydrogen) atoms. The number of nitrogens with one attached hydrogen (secondary N) is 2. The normalized spacial score (nSPS) is 21.4. The van der Waals surface area contributed by atoms with Crippen LogP contribution < -0.4 is 20.1 Å². The summed E-state index contributed by atoms with van der Waals surface area (Å²) in [6.45, 7) is 4.96. The minimum absolute atomic E-state index is 0. The highest BCUT2D eigenvalue weighted by molar-refractivity contribution is 14.0. The highest BCUT2D eigenvalue weighted by Gasteiger charge is 2.33. The van der Waals surface area contributed by atoms with Gasteiger partial charge in [-0.05, 0) is 31.4 Å². The van der Waals surface area contributed by atoms with Gasteiger partial charge >= 0.3 is 0 Å². The van der Waals surface area contributed by atoms with Crippen molar-refractivity contribution < 1.29 is 9.47 Å². The van der Waals surface area contributed by atoms with Crippen molar-refractivity contribution in [2.45, 2.75) is 32.4 Å². The van der Waals surface area contributed by atoms with Crippen LogP contribution in [0.2, 0.25) is 0 Å². The molecule has 0 radical (unpaired) electrons. The van der Waals surface area contributed by atoms with E-state index in [2.05, 4.69) is 22.5 Å². The van der Waals surface area contributed by atoms with E-state index in [1.807, 2.05) is 31.2 Å². The Morgan fingerprint density at radius 1 is 1.41 bits per heavy atom. The van der Waals surface area contributed by atoms with Crippen molar-refractivity contribution in [3.8, 4) is 11.5 Å². The molecular formula is C16H26IN3O2. The summed E-state index contributed by atoms with van der Waals surface area (Å²) in [6.07, 6.45) is 1.25. The lowest BCUT2D eigenvalue weighted by Gasteiger charge is -2.18. The zero-order chi connectivity index (χ0) is 15.2. The van der Waals surface area contributed by atoms with Crippen LogP contribution in [-0.4, -0.2) is 38.8 Å². The summed E-state index contributed by atoms with van der Waals surface area (Å²) in [5, 5.41) is 6.68. The number of hydrogen-bond donors (Lipinski definition) is 2.